The van der Waals surface area contributed by atoms with E-state index in [-0.39, 0.29) is 17.3 Å². The highest BCUT2D eigenvalue weighted by atomic mass is 16.1. The number of carbonyl (C=O) groups is 2. The SMILES string of the molecule is Cc1ccc2c(c1)C(=O)c1ncccc1C2=O. The van der Waals surface area contributed by atoms with E-state index in [1.807, 2.05) is 13.0 Å². The van der Waals surface area contributed by atoms with Crippen LogP contribution in [-0.2, 0) is 0 Å². The molecule has 0 saturated carbocycles. The first kappa shape index (κ1) is 9.90. The van der Waals surface area contributed by atoms with Crippen LogP contribution in [-0.4, -0.2) is 16.6 Å². The average molecular weight is 223 g/mol. The molecular weight excluding hydrogens is 214 g/mol. The molecule has 0 N–H and O–H groups in total. The molecule has 0 spiro atoms. The Balaban J connectivity index is 2.33. The van der Waals surface area contributed by atoms with Gasteiger partial charge in [-0.25, -0.2) is 0 Å². The summed E-state index contributed by atoms with van der Waals surface area (Å²) in [6.45, 7) is 1.89. The Morgan fingerprint density at radius 1 is 0.941 bits per heavy atom. The van der Waals surface area contributed by atoms with Gasteiger partial charge in [0, 0.05) is 17.3 Å². The van der Waals surface area contributed by atoms with Gasteiger partial charge < -0.3 is 0 Å². The lowest BCUT2D eigenvalue weighted by Crippen LogP contribution is -2.22. The van der Waals surface area contributed by atoms with E-state index in [1.165, 1.54) is 6.20 Å². The number of hydrogen-bond donors (Lipinski definition) is 0. The van der Waals surface area contributed by atoms with E-state index in [4.69, 9.17) is 0 Å². The van der Waals surface area contributed by atoms with Gasteiger partial charge in [0.25, 0.3) is 0 Å². The second-order valence-electron chi connectivity index (χ2n) is 4.11. The van der Waals surface area contributed by atoms with Crippen molar-refractivity contribution in [2.24, 2.45) is 0 Å². The summed E-state index contributed by atoms with van der Waals surface area (Å²) in [6.07, 6.45) is 1.53. The molecule has 0 saturated heterocycles. The van der Waals surface area contributed by atoms with Crippen LogP contribution in [0.4, 0.5) is 0 Å². The molecule has 0 atom stereocenters. The number of ketones is 2. The van der Waals surface area contributed by atoms with Gasteiger partial charge in [0.05, 0.1) is 5.56 Å². The summed E-state index contributed by atoms with van der Waals surface area (Å²) in [7, 11) is 0. The summed E-state index contributed by atoms with van der Waals surface area (Å²) in [5.74, 6) is -0.290. The van der Waals surface area contributed by atoms with E-state index >= 15 is 0 Å². The van der Waals surface area contributed by atoms with E-state index in [2.05, 4.69) is 4.98 Å². The minimum atomic E-state index is -0.168. The van der Waals surface area contributed by atoms with Crippen LogP contribution in [0.15, 0.2) is 36.5 Å². The van der Waals surface area contributed by atoms with Crippen molar-refractivity contribution in [3.05, 3.63) is 64.5 Å². The largest absolute Gasteiger partial charge is 0.288 e. The lowest BCUT2D eigenvalue weighted by molar-refractivity contribution is 0.0975. The Labute approximate surface area is 98.1 Å². The highest BCUT2D eigenvalue weighted by molar-refractivity contribution is 6.27. The van der Waals surface area contributed by atoms with E-state index in [0.29, 0.717) is 16.7 Å². The van der Waals surface area contributed by atoms with Gasteiger partial charge in [-0.3, -0.25) is 14.6 Å². The molecule has 82 valence electrons. The Morgan fingerprint density at radius 3 is 2.59 bits per heavy atom. The van der Waals surface area contributed by atoms with Crippen LogP contribution in [0, 0.1) is 6.92 Å². The van der Waals surface area contributed by atoms with Crippen molar-refractivity contribution >= 4 is 11.6 Å². The molecule has 17 heavy (non-hydrogen) atoms. The van der Waals surface area contributed by atoms with Crippen molar-refractivity contribution in [3.63, 3.8) is 0 Å². The third-order valence-corrected chi connectivity index (χ3v) is 2.93. The van der Waals surface area contributed by atoms with Gasteiger partial charge >= 0.3 is 0 Å². The van der Waals surface area contributed by atoms with Gasteiger partial charge in [0.15, 0.2) is 5.78 Å². The first-order valence-corrected chi connectivity index (χ1v) is 5.33. The molecule has 1 heterocycles. The first-order valence-electron chi connectivity index (χ1n) is 5.33. The number of fused-ring (bicyclic) bond motifs is 2. The third-order valence-electron chi connectivity index (χ3n) is 2.93. The van der Waals surface area contributed by atoms with Crippen molar-refractivity contribution in [2.45, 2.75) is 6.92 Å². The van der Waals surface area contributed by atoms with Crippen LogP contribution < -0.4 is 0 Å². The fraction of sp³-hybridized carbons (Fsp3) is 0.0714. The lowest BCUT2D eigenvalue weighted by atomic mass is 9.86. The van der Waals surface area contributed by atoms with E-state index < -0.39 is 0 Å². The monoisotopic (exact) mass is 223 g/mol. The van der Waals surface area contributed by atoms with E-state index in [0.717, 1.165) is 5.56 Å². The predicted molar refractivity (Wildman–Crippen MR) is 62.3 cm³/mol. The van der Waals surface area contributed by atoms with Gasteiger partial charge in [-0.1, -0.05) is 17.7 Å². The summed E-state index contributed by atoms with van der Waals surface area (Å²) < 4.78 is 0. The minimum Gasteiger partial charge on any atom is -0.288 e. The zero-order valence-corrected chi connectivity index (χ0v) is 9.23. The lowest BCUT2D eigenvalue weighted by Gasteiger charge is -2.16. The maximum absolute atomic E-state index is 12.2. The van der Waals surface area contributed by atoms with Crippen molar-refractivity contribution in [1.82, 2.24) is 4.98 Å². The highest BCUT2D eigenvalue weighted by Gasteiger charge is 2.30. The third kappa shape index (κ3) is 1.32. The number of carbonyl (C=O) groups excluding carboxylic acids is 2. The number of benzene rings is 1. The van der Waals surface area contributed by atoms with Crippen molar-refractivity contribution in [3.8, 4) is 0 Å². The molecule has 0 bridgehead atoms. The second kappa shape index (κ2) is 3.35. The smallest absolute Gasteiger partial charge is 0.212 e. The first-order chi connectivity index (χ1) is 8.18. The Hall–Kier alpha value is -2.29. The molecule has 3 nitrogen and oxygen atoms in total. The summed E-state index contributed by atoms with van der Waals surface area (Å²) in [4.78, 5) is 28.4. The van der Waals surface area contributed by atoms with Gasteiger partial charge in [-0.15, -0.1) is 0 Å². The summed E-state index contributed by atoms with van der Waals surface area (Å²) >= 11 is 0. The molecule has 1 aliphatic carbocycles. The summed E-state index contributed by atoms with van der Waals surface area (Å²) in [5.41, 5.74) is 2.55. The Kier molecular flexibility index (Phi) is 1.95. The molecule has 0 fully saturated rings. The van der Waals surface area contributed by atoms with Crippen LogP contribution in [0.3, 0.4) is 0 Å². The molecule has 1 aliphatic rings. The van der Waals surface area contributed by atoms with Crippen molar-refractivity contribution < 1.29 is 9.59 Å². The number of aromatic nitrogens is 1. The fourth-order valence-corrected chi connectivity index (χ4v) is 2.09. The highest BCUT2D eigenvalue weighted by Crippen LogP contribution is 2.26. The molecule has 0 aliphatic heterocycles. The zero-order chi connectivity index (χ0) is 12.0. The Bertz CT molecular complexity index is 659. The summed E-state index contributed by atoms with van der Waals surface area (Å²) in [5, 5.41) is 0. The topological polar surface area (TPSA) is 47.0 Å². The maximum Gasteiger partial charge on any atom is 0.212 e. The Morgan fingerprint density at radius 2 is 1.76 bits per heavy atom. The number of nitrogens with zero attached hydrogens (tertiary/aromatic N) is 1. The quantitative estimate of drug-likeness (QED) is 0.586. The number of pyridine rings is 1. The van der Waals surface area contributed by atoms with Crippen molar-refractivity contribution in [2.75, 3.05) is 0 Å². The second-order valence-corrected chi connectivity index (χ2v) is 4.11. The van der Waals surface area contributed by atoms with Crippen molar-refractivity contribution in [1.29, 1.82) is 0 Å². The molecular formula is C14H9NO2. The molecule has 3 rings (SSSR count). The molecule has 0 amide bonds. The standard InChI is InChI=1S/C14H9NO2/c1-8-4-5-9-11(7-8)14(17)12-10(13(9)16)3-2-6-15-12/h2-7H,1H3. The molecule has 0 radical (unpaired) electrons. The van der Waals surface area contributed by atoms with Gasteiger partial charge in [0.1, 0.15) is 5.69 Å². The van der Waals surface area contributed by atoms with Crippen LogP contribution in [0.25, 0.3) is 0 Å². The van der Waals surface area contributed by atoms with Gasteiger partial charge in [0.2, 0.25) is 5.78 Å². The zero-order valence-electron chi connectivity index (χ0n) is 9.23. The van der Waals surface area contributed by atoms with Crippen LogP contribution in [0.5, 0.6) is 0 Å². The van der Waals surface area contributed by atoms with Crippen LogP contribution in [0.1, 0.15) is 37.5 Å². The van der Waals surface area contributed by atoms with Crippen LogP contribution in [0.2, 0.25) is 0 Å². The van der Waals surface area contributed by atoms with Crippen LogP contribution >= 0.6 is 0 Å². The number of aryl methyl sites for hydroxylation is 1. The maximum atomic E-state index is 12.2. The molecule has 3 heteroatoms. The fourth-order valence-electron chi connectivity index (χ4n) is 2.09. The normalized spacial score (nSPS) is 13.2. The predicted octanol–water partition coefficient (Wildman–Crippen LogP) is 2.17. The number of hydrogen-bond acceptors (Lipinski definition) is 3. The number of rotatable bonds is 0. The van der Waals surface area contributed by atoms with Gasteiger partial charge in [-0.2, -0.15) is 0 Å². The van der Waals surface area contributed by atoms with E-state index in [9.17, 15) is 9.59 Å². The molecule has 0 unspecified atom stereocenters. The van der Waals surface area contributed by atoms with E-state index in [1.54, 1.807) is 24.3 Å². The molecule has 2 aromatic rings. The van der Waals surface area contributed by atoms with Gasteiger partial charge in [-0.05, 0) is 25.1 Å². The average Bonchev–Trinajstić information content (AvgIpc) is 2.36. The minimum absolute atomic E-state index is 0.122. The molecule has 1 aromatic carbocycles. The molecule has 1 aromatic heterocycles. The summed E-state index contributed by atoms with van der Waals surface area (Å²) in [6, 6.07) is 8.61.